The quantitative estimate of drug-likeness (QED) is 0.223. The SMILES string of the molecule is CCC.CC[C@@H](C)c1ccc(-c2ccc(-c3ccccc3)s2)cc1.Cc1ccc(-c2ccccc2)cc1. The number of benzene rings is 4. The minimum absolute atomic E-state index is 0.641. The lowest BCUT2D eigenvalue weighted by atomic mass is 9.97. The maximum Gasteiger partial charge on any atom is 0.0349 e. The summed E-state index contributed by atoms with van der Waals surface area (Å²) < 4.78 is 0. The van der Waals surface area contributed by atoms with Gasteiger partial charge in [0.05, 0.1) is 0 Å². The van der Waals surface area contributed by atoms with Crippen LogP contribution in [-0.4, -0.2) is 0 Å². The number of hydrogen-bond donors (Lipinski definition) is 0. The molecular weight excluding hydrogens is 464 g/mol. The van der Waals surface area contributed by atoms with Gasteiger partial charge in [-0.25, -0.2) is 0 Å². The lowest BCUT2D eigenvalue weighted by Crippen LogP contribution is -1.90. The number of hydrogen-bond acceptors (Lipinski definition) is 1. The fourth-order valence-electron chi connectivity index (χ4n) is 3.84. The van der Waals surface area contributed by atoms with Crippen LogP contribution in [0.1, 0.15) is 57.6 Å². The summed E-state index contributed by atoms with van der Waals surface area (Å²) in [4.78, 5) is 2.67. The van der Waals surface area contributed by atoms with E-state index in [0.29, 0.717) is 5.92 Å². The van der Waals surface area contributed by atoms with Gasteiger partial charge in [0.15, 0.2) is 0 Å². The molecule has 0 unspecified atom stereocenters. The van der Waals surface area contributed by atoms with E-state index >= 15 is 0 Å². The minimum atomic E-state index is 0.641. The van der Waals surface area contributed by atoms with Crippen LogP contribution in [0.3, 0.4) is 0 Å². The van der Waals surface area contributed by atoms with Gasteiger partial charge in [-0.15, -0.1) is 11.3 Å². The van der Waals surface area contributed by atoms with E-state index in [4.69, 9.17) is 0 Å². The fourth-order valence-corrected chi connectivity index (χ4v) is 4.86. The van der Waals surface area contributed by atoms with Crippen molar-refractivity contribution in [2.24, 2.45) is 0 Å². The first-order valence-electron chi connectivity index (χ1n) is 13.4. The molecule has 0 aliphatic carbocycles. The van der Waals surface area contributed by atoms with Gasteiger partial charge in [-0.3, -0.25) is 0 Å². The zero-order chi connectivity index (χ0) is 26.5. The molecule has 0 bridgehead atoms. The third kappa shape index (κ3) is 8.58. The number of aryl methyl sites for hydroxylation is 1. The van der Waals surface area contributed by atoms with Gasteiger partial charge in [0.25, 0.3) is 0 Å². The molecular formula is C36H40S. The summed E-state index contributed by atoms with van der Waals surface area (Å²) in [6.45, 7) is 10.9. The molecule has 5 rings (SSSR count). The van der Waals surface area contributed by atoms with E-state index in [1.165, 1.54) is 56.0 Å². The first kappa shape index (κ1) is 28.2. The summed E-state index contributed by atoms with van der Waals surface area (Å²) in [6.07, 6.45) is 2.44. The Bertz CT molecular complexity index is 1280. The molecule has 5 aromatic rings. The number of rotatable bonds is 5. The van der Waals surface area contributed by atoms with Gasteiger partial charge >= 0.3 is 0 Å². The molecule has 1 heterocycles. The molecule has 1 atom stereocenters. The summed E-state index contributed by atoms with van der Waals surface area (Å²) >= 11 is 1.86. The van der Waals surface area contributed by atoms with Crippen molar-refractivity contribution in [3.05, 3.63) is 132 Å². The van der Waals surface area contributed by atoms with Crippen molar-refractivity contribution in [3.63, 3.8) is 0 Å². The van der Waals surface area contributed by atoms with E-state index in [-0.39, 0.29) is 0 Å². The van der Waals surface area contributed by atoms with Gasteiger partial charge in [0.2, 0.25) is 0 Å². The standard InChI is InChI=1S/C20H20S.C13H12.C3H8/c1-3-15(2)16-9-11-18(12-10-16)20-14-13-19(21-20)17-7-5-4-6-8-17;1-11-7-9-13(10-8-11)12-5-3-2-4-6-12;1-3-2/h4-15H,3H2,1-2H3;2-10H,1H3;3H2,1-2H3/t15-;;/m1../s1. The van der Waals surface area contributed by atoms with Crippen LogP contribution in [-0.2, 0) is 0 Å². The summed E-state index contributed by atoms with van der Waals surface area (Å²) in [5, 5.41) is 0. The molecule has 0 amide bonds. The van der Waals surface area contributed by atoms with E-state index < -0.39 is 0 Å². The van der Waals surface area contributed by atoms with E-state index in [0.717, 1.165) is 0 Å². The normalized spacial score (nSPS) is 10.9. The maximum atomic E-state index is 2.29. The van der Waals surface area contributed by atoms with E-state index in [9.17, 15) is 0 Å². The summed E-state index contributed by atoms with van der Waals surface area (Å²) in [5.74, 6) is 0.641. The molecule has 0 saturated heterocycles. The molecule has 1 aromatic heterocycles. The molecule has 0 saturated carbocycles. The second kappa shape index (κ2) is 15.0. The Balaban J connectivity index is 0.000000203. The number of thiophene rings is 1. The van der Waals surface area contributed by atoms with E-state index in [2.05, 4.69) is 150 Å². The van der Waals surface area contributed by atoms with Crippen molar-refractivity contribution in [1.29, 1.82) is 0 Å². The zero-order valence-electron chi connectivity index (χ0n) is 22.9. The van der Waals surface area contributed by atoms with Gasteiger partial charge in [0, 0.05) is 9.75 Å². The van der Waals surface area contributed by atoms with Crippen molar-refractivity contribution in [2.45, 2.75) is 53.4 Å². The molecule has 190 valence electrons. The van der Waals surface area contributed by atoms with Crippen molar-refractivity contribution < 1.29 is 0 Å². The highest BCUT2D eigenvalue weighted by atomic mass is 32.1. The van der Waals surface area contributed by atoms with E-state index in [1.54, 1.807) is 0 Å². The minimum Gasteiger partial charge on any atom is -0.135 e. The molecule has 0 aliphatic heterocycles. The average Bonchev–Trinajstić information content (AvgIpc) is 3.45. The molecule has 0 radical (unpaired) electrons. The van der Waals surface area contributed by atoms with E-state index in [1.807, 2.05) is 17.4 Å². The smallest absolute Gasteiger partial charge is 0.0349 e. The summed E-state index contributed by atoms with van der Waals surface area (Å²) in [5.41, 5.74) is 7.91. The van der Waals surface area contributed by atoms with Crippen LogP contribution in [0.5, 0.6) is 0 Å². The third-order valence-corrected chi connectivity index (χ3v) is 7.38. The summed E-state index contributed by atoms with van der Waals surface area (Å²) in [7, 11) is 0. The van der Waals surface area contributed by atoms with Crippen LogP contribution in [0.25, 0.3) is 32.0 Å². The Kier molecular flexibility index (Phi) is 11.4. The maximum absolute atomic E-state index is 2.29. The van der Waals surface area contributed by atoms with Gasteiger partial charge in [-0.05, 0) is 59.2 Å². The van der Waals surface area contributed by atoms with Crippen molar-refractivity contribution >= 4 is 11.3 Å². The molecule has 4 aromatic carbocycles. The van der Waals surface area contributed by atoms with Crippen molar-refractivity contribution in [1.82, 2.24) is 0 Å². The molecule has 0 N–H and O–H groups in total. The topological polar surface area (TPSA) is 0 Å². The Hall–Kier alpha value is -3.42. The van der Waals surface area contributed by atoms with Gasteiger partial charge in [0.1, 0.15) is 0 Å². The Morgan fingerprint density at radius 1 is 0.514 bits per heavy atom. The van der Waals surface area contributed by atoms with Crippen LogP contribution < -0.4 is 0 Å². The summed E-state index contributed by atoms with van der Waals surface area (Å²) in [6, 6.07) is 43.1. The second-order valence-corrected chi connectivity index (χ2v) is 10.5. The highest BCUT2D eigenvalue weighted by Crippen LogP contribution is 2.35. The fraction of sp³-hybridized carbons (Fsp3) is 0.222. The van der Waals surface area contributed by atoms with Gasteiger partial charge in [-0.1, -0.05) is 149 Å². The Labute approximate surface area is 228 Å². The van der Waals surface area contributed by atoms with Gasteiger partial charge in [-0.2, -0.15) is 0 Å². The lowest BCUT2D eigenvalue weighted by Gasteiger charge is -2.09. The predicted octanol–water partition coefficient (Wildman–Crippen LogP) is 11.7. The highest BCUT2D eigenvalue weighted by molar-refractivity contribution is 7.18. The molecule has 0 nitrogen and oxygen atoms in total. The van der Waals surface area contributed by atoms with Crippen LogP contribution >= 0.6 is 11.3 Å². The first-order chi connectivity index (χ1) is 18.0. The largest absolute Gasteiger partial charge is 0.135 e. The average molecular weight is 505 g/mol. The Morgan fingerprint density at radius 2 is 0.919 bits per heavy atom. The molecule has 0 aliphatic rings. The monoisotopic (exact) mass is 504 g/mol. The van der Waals surface area contributed by atoms with Crippen LogP contribution in [0.15, 0.2) is 121 Å². The van der Waals surface area contributed by atoms with Crippen molar-refractivity contribution in [3.8, 4) is 32.0 Å². The Morgan fingerprint density at radius 3 is 1.41 bits per heavy atom. The van der Waals surface area contributed by atoms with Crippen LogP contribution in [0.2, 0.25) is 0 Å². The molecule has 0 spiro atoms. The predicted molar refractivity (Wildman–Crippen MR) is 166 cm³/mol. The van der Waals surface area contributed by atoms with Crippen molar-refractivity contribution in [2.75, 3.05) is 0 Å². The van der Waals surface area contributed by atoms with Crippen LogP contribution in [0, 0.1) is 6.92 Å². The van der Waals surface area contributed by atoms with Crippen LogP contribution in [0.4, 0.5) is 0 Å². The second-order valence-electron chi connectivity index (χ2n) is 9.40. The first-order valence-corrected chi connectivity index (χ1v) is 14.2. The molecule has 37 heavy (non-hydrogen) atoms. The third-order valence-electron chi connectivity index (χ3n) is 6.20. The molecule has 1 heteroatoms. The highest BCUT2D eigenvalue weighted by Gasteiger charge is 2.06. The zero-order valence-corrected chi connectivity index (χ0v) is 23.8. The molecule has 0 fully saturated rings. The lowest BCUT2D eigenvalue weighted by molar-refractivity contribution is 0.734. The van der Waals surface area contributed by atoms with Gasteiger partial charge < -0.3 is 0 Å².